The van der Waals surface area contributed by atoms with Gasteiger partial charge >= 0.3 is 0 Å². The number of hydrazone groups is 1. The van der Waals surface area contributed by atoms with E-state index in [0.717, 1.165) is 0 Å². The third kappa shape index (κ3) is 3.58. The van der Waals surface area contributed by atoms with Crippen LogP contribution in [0.3, 0.4) is 0 Å². The maximum absolute atomic E-state index is 9.70. The summed E-state index contributed by atoms with van der Waals surface area (Å²) in [7, 11) is 1.45. The van der Waals surface area contributed by atoms with Crippen molar-refractivity contribution in [3.63, 3.8) is 0 Å². The number of halogens is 2. The zero-order valence-electron chi connectivity index (χ0n) is 8.70. The van der Waals surface area contributed by atoms with Gasteiger partial charge in [-0.25, -0.2) is 0 Å². The van der Waals surface area contributed by atoms with Gasteiger partial charge in [-0.1, -0.05) is 11.6 Å². The number of hydrogen-bond donors (Lipinski definition) is 3. The quantitative estimate of drug-likeness (QED) is 0.320. The Morgan fingerprint density at radius 1 is 1.76 bits per heavy atom. The normalized spacial score (nSPS) is 10.5. The summed E-state index contributed by atoms with van der Waals surface area (Å²) < 4.78 is 5.49. The monoisotopic (exact) mass is 385 g/mol. The third-order valence-corrected chi connectivity index (χ3v) is 3.64. The fourth-order valence-electron chi connectivity index (χ4n) is 1.03. The molecule has 0 amide bonds. The Bertz CT molecular complexity index is 482. The van der Waals surface area contributed by atoms with Crippen molar-refractivity contribution in [2.75, 3.05) is 7.11 Å². The Morgan fingerprint density at radius 3 is 2.94 bits per heavy atom. The summed E-state index contributed by atoms with van der Waals surface area (Å²) in [6.45, 7) is 0. The average molecular weight is 386 g/mol. The van der Waals surface area contributed by atoms with E-state index in [9.17, 15) is 5.11 Å². The molecule has 0 saturated heterocycles. The number of aromatic hydroxyl groups is 1. The summed E-state index contributed by atoms with van der Waals surface area (Å²) in [5, 5.41) is 13.9. The zero-order chi connectivity index (χ0) is 13.0. The summed E-state index contributed by atoms with van der Waals surface area (Å²) in [5.41, 5.74) is 8.20. The molecule has 1 aromatic carbocycles. The predicted molar refractivity (Wildman–Crippen MR) is 79.9 cm³/mol. The van der Waals surface area contributed by atoms with Gasteiger partial charge in [0.2, 0.25) is 0 Å². The van der Waals surface area contributed by atoms with E-state index in [1.54, 1.807) is 6.07 Å². The third-order valence-electron chi connectivity index (χ3n) is 1.77. The zero-order valence-corrected chi connectivity index (χ0v) is 12.4. The summed E-state index contributed by atoms with van der Waals surface area (Å²) in [6.07, 6.45) is 1.44. The Hall–Kier alpha value is -0.800. The molecule has 0 aliphatic carbocycles. The number of benzene rings is 1. The molecule has 17 heavy (non-hydrogen) atoms. The van der Waals surface area contributed by atoms with Crippen LogP contribution in [0.4, 0.5) is 0 Å². The van der Waals surface area contributed by atoms with Crippen LogP contribution in [0.15, 0.2) is 11.2 Å². The van der Waals surface area contributed by atoms with Crippen molar-refractivity contribution in [3.05, 3.63) is 20.2 Å². The smallest absolute Gasteiger partial charge is 0.184 e. The molecule has 1 rings (SSSR count). The van der Waals surface area contributed by atoms with Crippen LogP contribution < -0.4 is 15.9 Å². The summed E-state index contributed by atoms with van der Waals surface area (Å²) in [4.78, 5) is 0. The molecule has 0 saturated carbocycles. The maximum Gasteiger partial charge on any atom is 0.184 e. The Kier molecular flexibility index (Phi) is 5.22. The molecular weight excluding hydrogens is 377 g/mol. The van der Waals surface area contributed by atoms with Gasteiger partial charge in [-0.05, 0) is 40.9 Å². The summed E-state index contributed by atoms with van der Waals surface area (Å²) in [6, 6.07) is 1.56. The van der Waals surface area contributed by atoms with Gasteiger partial charge in [0.15, 0.2) is 16.6 Å². The van der Waals surface area contributed by atoms with E-state index in [0.29, 0.717) is 19.9 Å². The van der Waals surface area contributed by atoms with Crippen LogP contribution in [0.2, 0.25) is 5.02 Å². The van der Waals surface area contributed by atoms with Crippen LogP contribution in [0, 0.1) is 3.57 Å². The van der Waals surface area contributed by atoms with Gasteiger partial charge in [-0.2, -0.15) is 5.10 Å². The highest BCUT2D eigenvalue weighted by Crippen LogP contribution is 2.37. The van der Waals surface area contributed by atoms with Crippen LogP contribution in [0.25, 0.3) is 0 Å². The molecule has 4 N–H and O–H groups in total. The minimum atomic E-state index is -0.00226. The van der Waals surface area contributed by atoms with Crippen molar-refractivity contribution >= 4 is 57.7 Å². The number of nitrogens with one attached hydrogen (secondary N) is 1. The molecule has 0 aliphatic rings. The molecule has 0 aromatic heterocycles. The van der Waals surface area contributed by atoms with Gasteiger partial charge in [-0.3, -0.25) is 5.43 Å². The van der Waals surface area contributed by atoms with Crippen molar-refractivity contribution < 1.29 is 9.84 Å². The molecule has 8 heteroatoms. The number of hydrogen-bond acceptors (Lipinski definition) is 4. The van der Waals surface area contributed by atoms with E-state index >= 15 is 0 Å². The van der Waals surface area contributed by atoms with E-state index < -0.39 is 0 Å². The van der Waals surface area contributed by atoms with E-state index in [-0.39, 0.29) is 10.9 Å². The number of thiocarbonyl (C=S) groups is 1. The first-order valence-electron chi connectivity index (χ1n) is 4.30. The number of ether oxygens (including phenoxy) is 1. The first-order valence-corrected chi connectivity index (χ1v) is 6.17. The van der Waals surface area contributed by atoms with Gasteiger partial charge in [-0.15, -0.1) is 0 Å². The summed E-state index contributed by atoms with van der Waals surface area (Å²) in [5.74, 6) is 0.313. The molecule has 1 aromatic rings. The van der Waals surface area contributed by atoms with E-state index in [2.05, 4.69) is 22.7 Å². The fraction of sp³-hybridized carbons (Fsp3) is 0.111. The minimum absolute atomic E-state index is 0.00226. The molecule has 0 aliphatic heterocycles. The number of phenolic OH excluding ortho intramolecular Hbond substituents is 1. The molecule has 0 fully saturated rings. The van der Waals surface area contributed by atoms with Crippen LogP contribution >= 0.6 is 46.4 Å². The number of nitrogens with zero attached hydrogens (tertiary/aromatic N) is 1. The molecule has 5 nitrogen and oxygen atoms in total. The predicted octanol–water partition coefficient (Wildman–Crippen LogP) is 1.83. The van der Waals surface area contributed by atoms with E-state index in [1.807, 2.05) is 22.6 Å². The number of phenols is 1. The average Bonchev–Trinajstić information content (AvgIpc) is 2.29. The molecule has 0 heterocycles. The Morgan fingerprint density at radius 2 is 2.41 bits per heavy atom. The van der Waals surface area contributed by atoms with Crippen molar-refractivity contribution in [2.45, 2.75) is 0 Å². The van der Waals surface area contributed by atoms with Crippen LogP contribution in [0.1, 0.15) is 5.56 Å². The minimum Gasteiger partial charge on any atom is -0.503 e. The topological polar surface area (TPSA) is 79.9 Å². The first-order chi connectivity index (χ1) is 7.97. The van der Waals surface area contributed by atoms with Crippen LogP contribution in [0.5, 0.6) is 11.5 Å². The van der Waals surface area contributed by atoms with Gasteiger partial charge < -0.3 is 15.6 Å². The number of rotatable bonds is 3. The highest BCUT2D eigenvalue weighted by Gasteiger charge is 2.13. The number of methoxy groups -OCH3 is 1. The molecule has 92 valence electrons. The molecule has 0 spiro atoms. The van der Waals surface area contributed by atoms with Gasteiger partial charge in [0.1, 0.15) is 0 Å². The second kappa shape index (κ2) is 6.22. The standard InChI is InChI=1S/C9H9ClIN3O2S/c1-16-5-2-4(3-13-14-9(12)17)6(10)7(11)8(5)15/h2-3,15H,1H3,(H3,12,14,17). The Labute approximate surface area is 122 Å². The van der Waals surface area contributed by atoms with Crippen molar-refractivity contribution in [1.82, 2.24) is 5.43 Å². The number of nitrogens with two attached hydrogens (primary N) is 1. The Balaban J connectivity index is 3.12. The lowest BCUT2D eigenvalue weighted by atomic mass is 10.2. The lowest BCUT2D eigenvalue weighted by molar-refractivity contribution is 0.371. The van der Waals surface area contributed by atoms with Gasteiger partial charge in [0, 0.05) is 5.56 Å². The van der Waals surface area contributed by atoms with Crippen LogP contribution in [-0.4, -0.2) is 23.5 Å². The molecular formula is C9H9ClIN3O2S. The summed E-state index contributed by atoms with van der Waals surface area (Å²) >= 11 is 12.5. The molecule has 0 atom stereocenters. The highest BCUT2D eigenvalue weighted by atomic mass is 127. The molecule has 0 radical (unpaired) electrons. The lowest BCUT2D eigenvalue weighted by Crippen LogP contribution is -2.24. The second-order valence-electron chi connectivity index (χ2n) is 2.88. The van der Waals surface area contributed by atoms with E-state index in [1.165, 1.54) is 13.3 Å². The van der Waals surface area contributed by atoms with Crippen molar-refractivity contribution in [1.29, 1.82) is 0 Å². The van der Waals surface area contributed by atoms with Crippen LogP contribution in [-0.2, 0) is 0 Å². The van der Waals surface area contributed by atoms with Gasteiger partial charge in [0.05, 0.1) is 21.9 Å². The highest BCUT2D eigenvalue weighted by molar-refractivity contribution is 14.1. The maximum atomic E-state index is 9.70. The fourth-order valence-corrected chi connectivity index (χ4v) is 1.85. The molecule has 0 bridgehead atoms. The largest absolute Gasteiger partial charge is 0.503 e. The molecule has 0 unspecified atom stereocenters. The van der Waals surface area contributed by atoms with Crippen molar-refractivity contribution in [3.8, 4) is 11.5 Å². The van der Waals surface area contributed by atoms with Crippen molar-refractivity contribution in [2.24, 2.45) is 10.8 Å². The SMILES string of the molecule is COc1cc(C=NNC(N)=S)c(Cl)c(I)c1O. The van der Waals surface area contributed by atoms with Gasteiger partial charge in [0.25, 0.3) is 0 Å². The first kappa shape index (κ1) is 14.3. The van der Waals surface area contributed by atoms with E-state index in [4.69, 9.17) is 22.1 Å². The lowest BCUT2D eigenvalue weighted by Gasteiger charge is -2.09. The second-order valence-corrected chi connectivity index (χ2v) is 4.78.